The van der Waals surface area contributed by atoms with Gasteiger partial charge >= 0.3 is 0 Å². The standard InChI is InChI=1S/C20H23BrN2O5/c1-25-17-10-13(11-18(26-2)19(17)27-3)20(24)22-15-12-14(21)4-5-16(15)23-6-8-28-9-7-23/h4-5,10-12H,6-9H2,1-3H3,(H,22,24). The molecule has 0 spiro atoms. The Labute approximate surface area is 172 Å². The van der Waals surface area contributed by atoms with Crippen molar-refractivity contribution in [3.63, 3.8) is 0 Å². The van der Waals surface area contributed by atoms with Gasteiger partial charge in [-0.25, -0.2) is 0 Å². The van der Waals surface area contributed by atoms with Gasteiger partial charge in [0.25, 0.3) is 5.91 Å². The van der Waals surface area contributed by atoms with Crippen LogP contribution in [0.3, 0.4) is 0 Å². The van der Waals surface area contributed by atoms with Gasteiger partial charge in [-0.15, -0.1) is 0 Å². The number of nitrogens with zero attached hydrogens (tertiary/aromatic N) is 1. The topological polar surface area (TPSA) is 69.3 Å². The molecule has 1 N–H and O–H groups in total. The molecule has 1 saturated heterocycles. The van der Waals surface area contributed by atoms with Gasteiger partial charge in [-0.05, 0) is 30.3 Å². The van der Waals surface area contributed by atoms with Crippen molar-refractivity contribution in [2.24, 2.45) is 0 Å². The van der Waals surface area contributed by atoms with Gasteiger partial charge in [0.2, 0.25) is 5.75 Å². The molecular weight excluding hydrogens is 428 g/mol. The van der Waals surface area contributed by atoms with Gasteiger partial charge in [-0.1, -0.05) is 15.9 Å². The quantitative estimate of drug-likeness (QED) is 0.725. The molecule has 1 amide bonds. The van der Waals surface area contributed by atoms with Crippen LogP contribution in [-0.4, -0.2) is 53.5 Å². The third-order valence-corrected chi connectivity index (χ3v) is 4.98. The average Bonchev–Trinajstić information content (AvgIpc) is 2.73. The van der Waals surface area contributed by atoms with Gasteiger partial charge in [0.1, 0.15) is 0 Å². The van der Waals surface area contributed by atoms with Crippen LogP contribution in [-0.2, 0) is 4.74 Å². The van der Waals surface area contributed by atoms with Crippen molar-refractivity contribution in [2.75, 3.05) is 57.8 Å². The van der Waals surface area contributed by atoms with E-state index in [2.05, 4.69) is 26.1 Å². The monoisotopic (exact) mass is 450 g/mol. The number of morpholine rings is 1. The smallest absolute Gasteiger partial charge is 0.255 e. The minimum atomic E-state index is -0.271. The van der Waals surface area contributed by atoms with Crippen molar-refractivity contribution in [3.05, 3.63) is 40.4 Å². The summed E-state index contributed by atoms with van der Waals surface area (Å²) in [6.07, 6.45) is 0. The first-order chi connectivity index (χ1) is 13.6. The van der Waals surface area contributed by atoms with E-state index in [1.807, 2.05) is 18.2 Å². The highest BCUT2D eigenvalue weighted by Crippen LogP contribution is 2.38. The van der Waals surface area contributed by atoms with Crippen LogP contribution in [0.4, 0.5) is 11.4 Å². The Morgan fingerprint density at radius 3 is 2.25 bits per heavy atom. The molecule has 2 aromatic rings. The van der Waals surface area contributed by atoms with Gasteiger partial charge in [0.05, 0.1) is 45.9 Å². The van der Waals surface area contributed by atoms with E-state index >= 15 is 0 Å². The van der Waals surface area contributed by atoms with Crippen LogP contribution < -0.4 is 24.4 Å². The lowest BCUT2D eigenvalue weighted by molar-refractivity contribution is 0.102. The van der Waals surface area contributed by atoms with Gasteiger partial charge in [-0.2, -0.15) is 0 Å². The molecule has 0 atom stereocenters. The molecule has 2 aromatic carbocycles. The molecule has 1 aliphatic heterocycles. The lowest BCUT2D eigenvalue weighted by atomic mass is 10.1. The fourth-order valence-electron chi connectivity index (χ4n) is 3.10. The summed E-state index contributed by atoms with van der Waals surface area (Å²) in [4.78, 5) is 15.2. The highest BCUT2D eigenvalue weighted by atomic mass is 79.9. The normalized spacial score (nSPS) is 13.8. The molecule has 7 nitrogen and oxygen atoms in total. The minimum absolute atomic E-state index is 0.271. The summed E-state index contributed by atoms with van der Waals surface area (Å²) in [5, 5.41) is 3.00. The third-order valence-electron chi connectivity index (χ3n) is 4.49. The second-order valence-corrected chi connectivity index (χ2v) is 7.04. The fraction of sp³-hybridized carbons (Fsp3) is 0.350. The first kappa shape index (κ1) is 20.3. The average molecular weight is 451 g/mol. The summed E-state index contributed by atoms with van der Waals surface area (Å²) in [5.41, 5.74) is 2.07. The van der Waals surface area contributed by atoms with Crippen molar-refractivity contribution in [3.8, 4) is 17.2 Å². The highest BCUT2D eigenvalue weighted by molar-refractivity contribution is 9.10. The van der Waals surface area contributed by atoms with E-state index in [0.717, 1.165) is 28.9 Å². The Morgan fingerprint density at radius 1 is 1.04 bits per heavy atom. The van der Waals surface area contributed by atoms with Crippen LogP contribution in [0.15, 0.2) is 34.8 Å². The fourth-order valence-corrected chi connectivity index (χ4v) is 3.46. The first-order valence-corrected chi connectivity index (χ1v) is 9.60. The van der Waals surface area contributed by atoms with Crippen LogP contribution >= 0.6 is 15.9 Å². The third kappa shape index (κ3) is 4.34. The van der Waals surface area contributed by atoms with Gasteiger partial charge in [-0.3, -0.25) is 4.79 Å². The van der Waals surface area contributed by atoms with E-state index in [9.17, 15) is 4.79 Å². The first-order valence-electron chi connectivity index (χ1n) is 8.81. The molecule has 28 heavy (non-hydrogen) atoms. The Kier molecular flexibility index (Phi) is 6.64. The molecule has 150 valence electrons. The SMILES string of the molecule is COc1cc(C(=O)Nc2cc(Br)ccc2N2CCOCC2)cc(OC)c1OC. The lowest BCUT2D eigenvalue weighted by Gasteiger charge is -2.30. The number of benzene rings is 2. The molecule has 1 heterocycles. The number of hydrogen-bond donors (Lipinski definition) is 1. The molecule has 0 bridgehead atoms. The summed E-state index contributed by atoms with van der Waals surface area (Å²) in [7, 11) is 4.56. The lowest BCUT2D eigenvalue weighted by Crippen LogP contribution is -2.36. The molecular formula is C20H23BrN2O5. The predicted octanol–water partition coefficient (Wildman–Crippen LogP) is 3.56. The second kappa shape index (κ2) is 9.16. The number of methoxy groups -OCH3 is 3. The number of ether oxygens (including phenoxy) is 4. The molecule has 3 rings (SSSR count). The Hall–Kier alpha value is -2.45. The van der Waals surface area contributed by atoms with E-state index in [1.165, 1.54) is 21.3 Å². The van der Waals surface area contributed by atoms with Gasteiger partial charge in [0.15, 0.2) is 11.5 Å². The van der Waals surface area contributed by atoms with Crippen LogP contribution in [0.25, 0.3) is 0 Å². The molecule has 0 aromatic heterocycles. The number of nitrogens with one attached hydrogen (secondary N) is 1. The van der Waals surface area contributed by atoms with Gasteiger partial charge < -0.3 is 29.2 Å². The molecule has 0 aliphatic carbocycles. The summed E-state index contributed by atoms with van der Waals surface area (Å²) >= 11 is 3.48. The summed E-state index contributed by atoms with van der Waals surface area (Å²) in [6.45, 7) is 2.87. The molecule has 0 unspecified atom stereocenters. The van der Waals surface area contributed by atoms with Gasteiger partial charge in [0, 0.05) is 23.1 Å². The van der Waals surface area contributed by atoms with Crippen LogP contribution in [0.2, 0.25) is 0 Å². The van der Waals surface area contributed by atoms with Crippen molar-refractivity contribution >= 4 is 33.2 Å². The number of halogens is 1. The number of carbonyl (C=O) groups excluding carboxylic acids is 1. The Morgan fingerprint density at radius 2 is 1.68 bits per heavy atom. The molecule has 1 aliphatic rings. The van der Waals surface area contributed by atoms with Crippen LogP contribution in [0, 0.1) is 0 Å². The Bertz CT molecular complexity index is 827. The maximum Gasteiger partial charge on any atom is 0.255 e. The highest BCUT2D eigenvalue weighted by Gasteiger charge is 2.20. The zero-order valence-corrected chi connectivity index (χ0v) is 17.7. The van der Waals surface area contributed by atoms with E-state index in [-0.39, 0.29) is 5.91 Å². The summed E-state index contributed by atoms with van der Waals surface area (Å²) in [5.74, 6) is 1.02. The second-order valence-electron chi connectivity index (χ2n) is 6.13. The molecule has 0 saturated carbocycles. The number of amides is 1. The number of hydrogen-bond acceptors (Lipinski definition) is 6. The number of carbonyl (C=O) groups is 1. The predicted molar refractivity (Wildman–Crippen MR) is 111 cm³/mol. The minimum Gasteiger partial charge on any atom is -0.493 e. The van der Waals surface area contributed by atoms with E-state index in [4.69, 9.17) is 18.9 Å². The van der Waals surface area contributed by atoms with Crippen LogP contribution in [0.5, 0.6) is 17.2 Å². The largest absolute Gasteiger partial charge is 0.493 e. The van der Waals surface area contributed by atoms with E-state index < -0.39 is 0 Å². The van der Waals surface area contributed by atoms with E-state index in [0.29, 0.717) is 36.0 Å². The number of anilines is 2. The maximum atomic E-state index is 13.0. The molecule has 8 heteroatoms. The zero-order valence-electron chi connectivity index (χ0n) is 16.1. The molecule has 1 fully saturated rings. The molecule has 0 radical (unpaired) electrons. The number of rotatable bonds is 6. The zero-order chi connectivity index (χ0) is 20.1. The summed E-state index contributed by atoms with van der Waals surface area (Å²) < 4.78 is 22.3. The van der Waals surface area contributed by atoms with Crippen molar-refractivity contribution in [2.45, 2.75) is 0 Å². The van der Waals surface area contributed by atoms with E-state index in [1.54, 1.807) is 12.1 Å². The van der Waals surface area contributed by atoms with Crippen molar-refractivity contribution < 1.29 is 23.7 Å². The van der Waals surface area contributed by atoms with Crippen molar-refractivity contribution in [1.82, 2.24) is 0 Å². The van der Waals surface area contributed by atoms with Crippen LogP contribution in [0.1, 0.15) is 10.4 Å². The Balaban J connectivity index is 1.92. The maximum absolute atomic E-state index is 13.0. The van der Waals surface area contributed by atoms with Crippen molar-refractivity contribution in [1.29, 1.82) is 0 Å². The summed E-state index contributed by atoms with van der Waals surface area (Å²) in [6, 6.07) is 9.09.